The van der Waals surface area contributed by atoms with Crippen LogP contribution in [-0.4, -0.2) is 62.5 Å². The minimum atomic E-state index is -0.446. The number of hydrogen-bond acceptors (Lipinski definition) is 9. The topological polar surface area (TPSA) is 124 Å². The van der Waals surface area contributed by atoms with Crippen molar-refractivity contribution in [3.8, 4) is 11.5 Å². The van der Waals surface area contributed by atoms with Crippen LogP contribution in [0.3, 0.4) is 0 Å². The standard InChI is InChI=1S/C26H32N6O5/c1-2-35-26(34)16-8-10-31(11-9-16)23(24-28-29-30-32(24)18-6-4-3-5-7-18)19-12-17-13-21-22(37-15-36-21)14-20(17)27-25(19)33/h12-14,16,18,23H,2-11,15H2,1H3,(H,27,33)/t23-/m1/s1. The van der Waals surface area contributed by atoms with Crippen LogP contribution in [-0.2, 0) is 9.53 Å². The van der Waals surface area contributed by atoms with E-state index in [4.69, 9.17) is 14.2 Å². The first kappa shape index (κ1) is 23.9. The van der Waals surface area contributed by atoms with Gasteiger partial charge in [-0.2, -0.15) is 0 Å². The molecule has 11 nitrogen and oxygen atoms in total. The van der Waals surface area contributed by atoms with Gasteiger partial charge in [-0.25, -0.2) is 4.68 Å². The fourth-order valence-electron chi connectivity index (χ4n) is 5.93. The Bertz CT molecular complexity index is 1340. The van der Waals surface area contributed by atoms with Crippen molar-refractivity contribution in [2.75, 3.05) is 26.5 Å². The summed E-state index contributed by atoms with van der Waals surface area (Å²) in [6.45, 7) is 3.63. The average molecular weight is 509 g/mol. The molecule has 0 unspecified atom stereocenters. The summed E-state index contributed by atoms with van der Waals surface area (Å²) in [5.74, 6) is 1.66. The van der Waals surface area contributed by atoms with Crippen molar-refractivity contribution in [2.24, 2.45) is 5.92 Å². The van der Waals surface area contributed by atoms with Gasteiger partial charge in [0.25, 0.3) is 5.56 Å². The highest BCUT2D eigenvalue weighted by Gasteiger charge is 2.36. The molecule has 3 aliphatic rings. The van der Waals surface area contributed by atoms with Crippen LogP contribution in [0, 0.1) is 5.92 Å². The molecule has 0 spiro atoms. The molecule has 1 saturated heterocycles. The highest BCUT2D eigenvalue weighted by Crippen LogP contribution is 2.38. The molecular formula is C26H32N6O5. The van der Waals surface area contributed by atoms with Gasteiger partial charge in [-0.3, -0.25) is 14.5 Å². The number of benzene rings is 1. The normalized spacial score (nSPS) is 19.8. The van der Waals surface area contributed by atoms with Crippen LogP contribution in [0.4, 0.5) is 0 Å². The lowest BCUT2D eigenvalue weighted by molar-refractivity contribution is -0.149. The first-order chi connectivity index (χ1) is 18.1. The molecule has 1 N–H and O–H groups in total. The number of hydrogen-bond donors (Lipinski definition) is 1. The second-order valence-corrected chi connectivity index (χ2v) is 10.1. The van der Waals surface area contributed by atoms with Gasteiger partial charge in [-0.05, 0) is 55.2 Å². The molecule has 2 fully saturated rings. The molecular weight excluding hydrogens is 476 g/mol. The van der Waals surface area contributed by atoms with Crippen molar-refractivity contribution in [1.29, 1.82) is 0 Å². The predicted octanol–water partition coefficient (Wildman–Crippen LogP) is 3.11. The second-order valence-electron chi connectivity index (χ2n) is 10.1. The maximum atomic E-state index is 13.6. The van der Waals surface area contributed by atoms with Gasteiger partial charge in [0.1, 0.15) is 6.04 Å². The molecule has 0 amide bonds. The number of rotatable bonds is 6. The Morgan fingerprint density at radius 1 is 1.11 bits per heavy atom. The third kappa shape index (κ3) is 4.56. The highest BCUT2D eigenvalue weighted by atomic mass is 16.7. The Labute approximate surface area is 214 Å². The summed E-state index contributed by atoms with van der Waals surface area (Å²) in [7, 11) is 0. The zero-order chi connectivity index (χ0) is 25.4. The van der Waals surface area contributed by atoms with E-state index in [9.17, 15) is 9.59 Å². The number of aromatic amines is 1. The minimum Gasteiger partial charge on any atom is -0.466 e. The van der Waals surface area contributed by atoms with E-state index >= 15 is 0 Å². The van der Waals surface area contributed by atoms with E-state index < -0.39 is 6.04 Å². The van der Waals surface area contributed by atoms with E-state index in [1.807, 2.05) is 23.7 Å². The first-order valence-electron chi connectivity index (χ1n) is 13.3. The average Bonchev–Trinajstić information content (AvgIpc) is 3.58. The zero-order valence-corrected chi connectivity index (χ0v) is 21.0. The smallest absolute Gasteiger partial charge is 0.309 e. The van der Waals surface area contributed by atoms with Gasteiger partial charge >= 0.3 is 5.97 Å². The van der Waals surface area contributed by atoms with Crippen molar-refractivity contribution in [2.45, 2.75) is 64.0 Å². The monoisotopic (exact) mass is 508 g/mol. The maximum absolute atomic E-state index is 13.6. The number of likely N-dealkylation sites (tertiary alicyclic amines) is 1. The number of aromatic nitrogens is 5. The largest absolute Gasteiger partial charge is 0.466 e. The predicted molar refractivity (Wildman–Crippen MR) is 133 cm³/mol. The van der Waals surface area contributed by atoms with E-state index in [2.05, 4.69) is 25.4 Å². The van der Waals surface area contributed by atoms with Crippen LogP contribution in [0.5, 0.6) is 11.5 Å². The van der Waals surface area contributed by atoms with Crippen LogP contribution in [0.15, 0.2) is 23.0 Å². The van der Waals surface area contributed by atoms with Gasteiger partial charge in [0.05, 0.1) is 24.1 Å². The van der Waals surface area contributed by atoms with Gasteiger partial charge in [0.15, 0.2) is 17.3 Å². The summed E-state index contributed by atoms with van der Waals surface area (Å²) in [4.78, 5) is 31.2. The van der Waals surface area contributed by atoms with Gasteiger partial charge < -0.3 is 19.2 Å². The quantitative estimate of drug-likeness (QED) is 0.500. The Balaban J connectivity index is 1.40. The van der Waals surface area contributed by atoms with Crippen molar-refractivity contribution in [1.82, 2.24) is 30.1 Å². The fourth-order valence-corrected chi connectivity index (χ4v) is 5.93. The lowest BCUT2D eigenvalue weighted by Gasteiger charge is -2.36. The van der Waals surface area contributed by atoms with Crippen LogP contribution < -0.4 is 15.0 Å². The summed E-state index contributed by atoms with van der Waals surface area (Å²) < 4.78 is 18.3. The second kappa shape index (κ2) is 10.1. The molecule has 1 aromatic carbocycles. The van der Waals surface area contributed by atoms with Gasteiger partial charge in [-0.1, -0.05) is 19.3 Å². The Morgan fingerprint density at radius 2 is 1.86 bits per heavy atom. The molecule has 4 heterocycles. The number of esters is 1. The van der Waals surface area contributed by atoms with Gasteiger partial charge in [0, 0.05) is 30.1 Å². The molecule has 1 saturated carbocycles. The minimum absolute atomic E-state index is 0.138. The molecule has 11 heteroatoms. The number of fused-ring (bicyclic) bond motifs is 2. The number of nitrogens with zero attached hydrogens (tertiary/aromatic N) is 5. The van der Waals surface area contributed by atoms with E-state index in [-0.39, 0.29) is 30.3 Å². The molecule has 2 aromatic heterocycles. The number of carbonyl (C=O) groups is 1. The van der Waals surface area contributed by atoms with Crippen molar-refractivity contribution >= 4 is 16.9 Å². The summed E-state index contributed by atoms with van der Waals surface area (Å²) in [6.07, 6.45) is 6.86. The van der Waals surface area contributed by atoms with Gasteiger partial charge in [-0.15, -0.1) is 5.10 Å². The maximum Gasteiger partial charge on any atom is 0.309 e. The van der Waals surface area contributed by atoms with Crippen LogP contribution in [0.1, 0.15) is 75.3 Å². The fraction of sp³-hybridized carbons (Fsp3) is 0.577. The summed E-state index contributed by atoms with van der Waals surface area (Å²) in [6, 6.07) is 5.38. The van der Waals surface area contributed by atoms with Crippen LogP contribution in [0.2, 0.25) is 0 Å². The molecule has 196 valence electrons. The zero-order valence-electron chi connectivity index (χ0n) is 21.0. The molecule has 1 atom stereocenters. The van der Waals surface area contributed by atoms with E-state index in [0.29, 0.717) is 60.9 Å². The van der Waals surface area contributed by atoms with E-state index in [0.717, 1.165) is 31.1 Å². The molecule has 1 aliphatic carbocycles. The van der Waals surface area contributed by atoms with Crippen molar-refractivity contribution in [3.63, 3.8) is 0 Å². The highest BCUT2D eigenvalue weighted by molar-refractivity contribution is 5.83. The van der Waals surface area contributed by atoms with Crippen molar-refractivity contribution < 1.29 is 19.0 Å². The number of pyridine rings is 1. The number of nitrogens with one attached hydrogen (secondary N) is 1. The Kier molecular flexibility index (Phi) is 6.54. The molecule has 2 aliphatic heterocycles. The molecule has 6 rings (SSSR count). The lowest BCUT2D eigenvalue weighted by Crippen LogP contribution is -2.42. The summed E-state index contributed by atoms with van der Waals surface area (Å²) in [5.41, 5.74) is 1.07. The molecule has 0 radical (unpaired) electrons. The van der Waals surface area contributed by atoms with E-state index in [1.54, 1.807) is 6.07 Å². The lowest BCUT2D eigenvalue weighted by atomic mass is 9.93. The van der Waals surface area contributed by atoms with Crippen LogP contribution in [0.25, 0.3) is 10.9 Å². The number of H-pyrrole nitrogens is 1. The van der Waals surface area contributed by atoms with Crippen LogP contribution >= 0.6 is 0 Å². The SMILES string of the molecule is CCOC(=O)C1CCN([C@H](c2cc3cc4c(cc3[nH]c2=O)OCO4)c2nnnn2C2CCCCC2)CC1. The number of tetrazole rings is 1. The first-order valence-corrected chi connectivity index (χ1v) is 13.3. The summed E-state index contributed by atoms with van der Waals surface area (Å²) in [5, 5.41) is 13.8. The van der Waals surface area contributed by atoms with Gasteiger partial charge in [0.2, 0.25) is 6.79 Å². The number of piperidine rings is 1. The summed E-state index contributed by atoms with van der Waals surface area (Å²) >= 11 is 0. The third-order valence-electron chi connectivity index (χ3n) is 7.86. The van der Waals surface area contributed by atoms with Crippen molar-refractivity contribution in [3.05, 3.63) is 39.9 Å². The third-order valence-corrected chi connectivity index (χ3v) is 7.86. The number of ether oxygens (including phenoxy) is 3. The number of carbonyl (C=O) groups excluding carboxylic acids is 1. The van der Waals surface area contributed by atoms with E-state index in [1.165, 1.54) is 6.42 Å². The Morgan fingerprint density at radius 3 is 2.62 bits per heavy atom. The Hall–Kier alpha value is -3.47. The molecule has 3 aromatic rings. The molecule has 37 heavy (non-hydrogen) atoms. The molecule has 0 bridgehead atoms.